The molecular weight excluding hydrogens is 370 g/mol. The number of hydrogen-bond donors (Lipinski definition) is 2. The van der Waals surface area contributed by atoms with Crippen molar-refractivity contribution < 1.29 is 23.8 Å². The Kier molecular flexibility index (Phi) is 7.55. The molecule has 148 valence electrons. The van der Waals surface area contributed by atoms with Crippen LogP contribution in [0.4, 0.5) is 0 Å². The summed E-state index contributed by atoms with van der Waals surface area (Å²) in [5.41, 5.74) is 0.638. The molecule has 0 bridgehead atoms. The van der Waals surface area contributed by atoms with Crippen molar-refractivity contribution in [2.75, 3.05) is 32.8 Å². The fourth-order valence-corrected chi connectivity index (χ4v) is 3.40. The fraction of sp³-hybridized carbons (Fsp3) is 0.474. The lowest BCUT2D eigenvalue weighted by Crippen LogP contribution is -2.39. The maximum Gasteiger partial charge on any atom is 0.340 e. The number of aliphatic hydroxyl groups is 1. The van der Waals surface area contributed by atoms with Crippen molar-refractivity contribution in [3.8, 4) is 11.5 Å². The average Bonchev–Trinajstić information content (AvgIpc) is 2.67. The molecule has 0 aliphatic rings. The van der Waals surface area contributed by atoms with Crippen molar-refractivity contribution in [1.82, 2.24) is 5.32 Å². The number of methoxy groups -OCH3 is 2. The predicted octanol–water partition coefficient (Wildman–Crippen LogP) is 1.89. The van der Waals surface area contributed by atoms with Gasteiger partial charge in [-0.2, -0.15) is 11.8 Å². The van der Waals surface area contributed by atoms with Gasteiger partial charge in [0.1, 0.15) is 0 Å². The summed E-state index contributed by atoms with van der Waals surface area (Å²) in [5.74, 6) is 1.29. The summed E-state index contributed by atoms with van der Waals surface area (Å²) < 4.78 is 16.0. The first-order chi connectivity index (χ1) is 13.0. The summed E-state index contributed by atoms with van der Waals surface area (Å²) in [7, 11) is 2.97. The summed E-state index contributed by atoms with van der Waals surface area (Å²) in [5, 5.41) is 12.8. The Morgan fingerprint density at radius 3 is 2.67 bits per heavy atom. The SMILES string of the molecule is COc1ccc2c(C)c(CC(=O)N[C@H](CO)CCSC)c(=O)oc2c1OC. The Morgan fingerprint density at radius 2 is 2.07 bits per heavy atom. The molecule has 2 rings (SSSR count). The Morgan fingerprint density at radius 1 is 1.33 bits per heavy atom. The number of thioether (sulfide) groups is 1. The van der Waals surface area contributed by atoms with E-state index >= 15 is 0 Å². The number of aryl methyl sites for hydroxylation is 1. The molecule has 0 aliphatic carbocycles. The van der Waals surface area contributed by atoms with Crippen molar-refractivity contribution in [1.29, 1.82) is 0 Å². The van der Waals surface area contributed by atoms with Crippen LogP contribution in [0.3, 0.4) is 0 Å². The molecule has 1 heterocycles. The van der Waals surface area contributed by atoms with Crippen LogP contribution >= 0.6 is 11.8 Å². The van der Waals surface area contributed by atoms with E-state index in [0.29, 0.717) is 28.9 Å². The molecule has 0 saturated heterocycles. The van der Waals surface area contributed by atoms with Crippen LogP contribution in [0, 0.1) is 6.92 Å². The molecule has 0 spiro atoms. The Bertz CT molecular complexity index is 863. The number of nitrogens with one attached hydrogen (secondary N) is 1. The van der Waals surface area contributed by atoms with Gasteiger partial charge in [0.15, 0.2) is 11.3 Å². The minimum absolute atomic E-state index is 0.117. The summed E-state index contributed by atoms with van der Waals surface area (Å²) in [6.45, 7) is 1.62. The monoisotopic (exact) mass is 395 g/mol. The Hall–Kier alpha value is -2.19. The summed E-state index contributed by atoms with van der Waals surface area (Å²) in [6, 6.07) is 3.16. The van der Waals surface area contributed by atoms with Gasteiger partial charge in [0.25, 0.3) is 0 Å². The van der Waals surface area contributed by atoms with E-state index in [-0.39, 0.29) is 36.1 Å². The van der Waals surface area contributed by atoms with Crippen molar-refractivity contribution in [2.24, 2.45) is 0 Å². The van der Waals surface area contributed by atoms with Crippen LogP contribution < -0.4 is 20.4 Å². The van der Waals surface area contributed by atoms with E-state index in [2.05, 4.69) is 5.32 Å². The van der Waals surface area contributed by atoms with Gasteiger partial charge in [-0.25, -0.2) is 4.79 Å². The number of carbonyl (C=O) groups excluding carboxylic acids is 1. The molecule has 0 unspecified atom stereocenters. The molecule has 1 atom stereocenters. The van der Waals surface area contributed by atoms with Gasteiger partial charge < -0.3 is 24.3 Å². The standard InChI is InChI=1S/C19H25NO6S/c1-11-13-5-6-15(24-2)18(25-3)17(13)26-19(23)14(11)9-16(22)20-12(10-21)7-8-27-4/h5-6,12,21H,7-10H2,1-4H3,(H,20,22)/t12-/m0/s1. The van der Waals surface area contributed by atoms with Gasteiger partial charge in [0, 0.05) is 5.39 Å². The molecular formula is C19H25NO6S. The van der Waals surface area contributed by atoms with E-state index in [9.17, 15) is 14.7 Å². The van der Waals surface area contributed by atoms with Crippen LogP contribution in [0.2, 0.25) is 0 Å². The fourth-order valence-electron chi connectivity index (χ4n) is 2.88. The lowest BCUT2D eigenvalue weighted by molar-refractivity contribution is -0.121. The molecule has 0 radical (unpaired) electrons. The maximum absolute atomic E-state index is 12.5. The zero-order valence-corrected chi connectivity index (χ0v) is 16.8. The average molecular weight is 395 g/mol. The molecule has 2 N–H and O–H groups in total. The highest BCUT2D eigenvalue weighted by molar-refractivity contribution is 7.98. The molecule has 1 aromatic carbocycles. The molecule has 0 fully saturated rings. The van der Waals surface area contributed by atoms with Gasteiger partial charge in [-0.1, -0.05) is 0 Å². The van der Waals surface area contributed by atoms with E-state index in [4.69, 9.17) is 13.9 Å². The first-order valence-electron chi connectivity index (χ1n) is 8.53. The van der Waals surface area contributed by atoms with Crippen LogP contribution in [0.5, 0.6) is 11.5 Å². The second-order valence-electron chi connectivity index (χ2n) is 6.08. The molecule has 1 amide bonds. The summed E-state index contributed by atoms with van der Waals surface area (Å²) in [4.78, 5) is 24.8. The summed E-state index contributed by atoms with van der Waals surface area (Å²) in [6.07, 6.45) is 2.50. The molecule has 0 saturated carbocycles. The normalized spacial score (nSPS) is 12.0. The third-order valence-corrected chi connectivity index (χ3v) is 5.04. The van der Waals surface area contributed by atoms with Crippen LogP contribution in [-0.2, 0) is 11.2 Å². The van der Waals surface area contributed by atoms with Gasteiger partial charge in [0.05, 0.1) is 38.9 Å². The third kappa shape index (κ3) is 4.75. The zero-order chi connectivity index (χ0) is 20.0. The van der Waals surface area contributed by atoms with E-state index in [1.807, 2.05) is 6.26 Å². The topological polar surface area (TPSA) is 98.0 Å². The number of aliphatic hydroxyl groups excluding tert-OH is 1. The smallest absolute Gasteiger partial charge is 0.340 e. The lowest BCUT2D eigenvalue weighted by Gasteiger charge is -2.16. The molecule has 27 heavy (non-hydrogen) atoms. The Labute approximate surface area is 162 Å². The minimum atomic E-state index is -0.591. The zero-order valence-electron chi connectivity index (χ0n) is 16.0. The number of ether oxygens (including phenoxy) is 2. The largest absolute Gasteiger partial charge is 0.493 e. The molecule has 7 nitrogen and oxygen atoms in total. The van der Waals surface area contributed by atoms with Crippen LogP contribution in [0.1, 0.15) is 17.5 Å². The summed E-state index contributed by atoms with van der Waals surface area (Å²) >= 11 is 1.64. The molecule has 0 aliphatic heterocycles. The quantitative estimate of drug-likeness (QED) is 0.626. The van der Waals surface area contributed by atoms with E-state index in [1.54, 1.807) is 30.8 Å². The van der Waals surface area contributed by atoms with Gasteiger partial charge >= 0.3 is 5.63 Å². The van der Waals surface area contributed by atoms with Crippen molar-refractivity contribution >= 4 is 28.6 Å². The van der Waals surface area contributed by atoms with Crippen molar-refractivity contribution in [3.63, 3.8) is 0 Å². The number of amides is 1. The maximum atomic E-state index is 12.5. The number of carbonyl (C=O) groups is 1. The second-order valence-corrected chi connectivity index (χ2v) is 7.06. The van der Waals surface area contributed by atoms with Gasteiger partial charge in [0.2, 0.25) is 11.7 Å². The number of fused-ring (bicyclic) bond motifs is 1. The predicted molar refractivity (Wildman–Crippen MR) is 106 cm³/mol. The molecule has 8 heteroatoms. The van der Waals surface area contributed by atoms with Crippen molar-refractivity contribution in [2.45, 2.75) is 25.8 Å². The van der Waals surface area contributed by atoms with Gasteiger partial charge in [-0.15, -0.1) is 0 Å². The second kappa shape index (κ2) is 9.66. The number of rotatable bonds is 9. The highest BCUT2D eigenvalue weighted by Crippen LogP contribution is 2.36. The van der Waals surface area contributed by atoms with E-state index in [1.165, 1.54) is 14.2 Å². The third-order valence-electron chi connectivity index (χ3n) is 4.39. The molecule has 1 aromatic heterocycles. The molecule has 2 aromatic rings. The highest BCUT2D eigenvalue weighted by atomic mass is 32.2. The van der Waals surface area contributed by atoms with Crippen molar-refractivity contribution in [3.05, 3.63) is 33.7 Å². The van der Waals surface area contributed by atoms with Gasteiger partial charge in [-0.05, 0) is 43.0 Å². The van der Waals surface area contributed by atoms with E-state index < -0.39 is 5.63 Å². The first-order valence-corrected chi connectivity index (χ1v) is 9.92. The Balaban J connectivity index is 2.34. The van der Waals surface area contributed by atoms with E-state index in [0.717, 1.165) is 5.75 Å². The number of hydrogen-bond acceptors (Lipinski definition) is 7. The van der Waals surface area contributed by atoms with Crippen LogP contribution in [0.15, 0.2) is 21.3 Å². The van der Waals surface area contributed by atoms with Crippen LogP contribution in [-0.4, -0.2) is 49.9 Å². The van der Waals surface area contributed by atoms with Gasteiger partial charge in [-0.3, -0.25) is 4.79 Å². The first kappa shape index (κ1) is 21.1. The highest BCUT2D eigenvalue weighted by Gasteiger charge is 2.20. The lowest BCUT2D eigenvalue weighted by atomic mass is 10.0. The minimum Gasteiger partial charge on any atom is -0.493 e. The number of benzene rings is 1. The van der Waals surface area contributed by atoms with Crippen LogP contribution in [0.25, 0.3) is 11.0 Å².